The molecule has 0 aromatic carbocycles. The molecule has 4 N–H and O–H groups in total. The quantitative estimate of drug-likeness (QED) is 0.513. The van der Waals surface area contributed by atoms with Gasteiger partial charge in [0, 0.05) is 6.04 Å². The maximum Gasteiger partial charge on any atom is 0.328 e. The Balaban J connectivity index is 2.24. The third kappa shape index (κ3) is 4.48. The summed E-state index contributed by atoms with van der Waals surface area (Å²) in [6.45, 7) is 1.27. The van der Waals surface area contributed by atoms with Crippen molar-refractivity contribution >= 4 is 12.0 Å². The van der Waals surface area contributed by atoms with Gasteiger partial charge in [-0.15, -0.1) is 0 Å². The number of carbonyl (C=O) groups excluding carboxylic acids is 1. The SMILES string of the molecule is CC(CC1CC1)NC(=O)NC(CO)C(=O)O. The second-order valence-electron chi connectivity index (χ2n) is 4.27. The number of rotatable bonds is 6. The highest BCUT2D eigenvalue weighted by Crippen LogP contribution is 2.33. The maximum atomic E-state index is 11.3. The molecule has 1 rings (SSSR count). The fraction of sp³-hybridized carbons (Fsp3) is 0.800. The summed E-state index contributed by atoms with van der Waals surface area (Å²) in [6, 6.07) is -1.76. The largest absolute Gasteiger partial charge is 0.480 e. The summed E-state index contributed by atoms with van der Waals surface area (Å²) in [7, 11) is 0. The first-order valence-corrected chi connectivity index (χ1v) is 5.43. The van der Waals surface area contributed by atoms with Crippen molar-refractivity contribution in [3.63, 3.8) is 0 Å². The predicted octanol–water partition coefficient (Wildman–Crippen LogP) is -0.0803. The molecule has 1 aliphatic rings. The van der Waals surface area contributed by atoms with E-state index in [1.165, 1.54) is 12.8 Å². The average Bonchev–Trinajstić information content (AvgIpc) is 2.97. The van der Waals surface area contributed by atoms with Crippen molar-refractivity contribution < 1.29 is 19.8 Å². The van der Waals surface area contributed by atoms with Crippen molar-refractivity contribution in [2.24, 2.45) is 5.92 Å². The summed E-state index contributed by atoms with van der Waals surface area (Å²) in [5, 5.41) is 22.2. The minimum Gasteiger partial charge on any atom is -0.480 e. The van der Waals surface area contributed by atoms with Crippen molar-refractivity contribution in [2.45, 2.75) is 38.3 Å². The van der Waals surface area contributed by atoms with E-state index in [1.807, 2.05) is 6.92 Å². The van der Waals surface area contributed by atoms with Crippen LogP contribution in [0.2, 0.25) is 0 Å². The Morgan fingerprint density at radius 2 is 2.00 bits per heavy atom. The molecule has 0 heterocycles. The average molecular weight is 230 g/mol. The van der Waals surface area contributed by atoms with E-state index in [0.717, 1.165) is 6.42 Å². The van der Waals surface area contributed by atoms with E-state index >= 15 is 0 Å². The molecule has 6 nitrogen and oxygen atoms in total. The van der Waals surface area contributed by atoms with E-state index in [4.69, 9.17) is 10.2 Å². The number of carboxylic acid groups (broad SMARTS) is 1. The number of carbonyl (C=O) groups is 2. The Kier molecular flexibility index (Phi) is 4.54. The Morgan fingerprint density at radius 1 is 1.38 bits per heavy atom. The zero-order chi connectivity index (χ0) is 12.1. The van der Waals surface area contributed by atoms with E-state index in [9.17, 15) is 9.59 Å². The van der Waals surface area contributed by atoms with Crippen molar-refractivity contribution in [1.29, 1.82) is 0 Å². The summed E-state index contributed by atoms with van der Waals surface area (Å²) in [4.78, 5) is 21.9. The molecule has 2 atom stereocenters. The van der Waals surface area contributed by atoms with Gasteiger partial charge in [0.25, 0.3) is 0 Å². The summed E-state index contributed by atoms with van der Waals surface area (Å²) in [6.07, 6.45) is 3.34. The Morgan fingerprint density at radius 3 is 2.44 bits per heavy atom. The van der Waals surface area contributed by atoms with Crippen LogP contribution in [0.4, 0.5) is 4.79 Å². The molecule has 1 aliphatic carbocycles. The fourth-order valence-electron chi connectivity index (χ4n) is 1.52. The highest BCUT2D eigenvalue weighted by molar-refractivity contribution is 5.82. The Hall–Kier alpha value is -1.30. The normalized spacial score (nSPS) is 18.6. The van der Waals surface area contributed by atoms with Crippen LogP contribution in [0.5, 0.6) is 0 Å². The van der Waals surface area contributed by atoms with Crippen LogP contribution in [0.3, 0.4) is 0 Å². The lowest BCUT2D eigenvalue weighted by Crippen LogP contribution is -2.50. The van der Waals surface area contributed by atoms with Crippen LogP contribution < -0.4 is 10.6 Å². The minimum atomic E-state index is -1.24. The Labute approximate surface area is 94.0 Å². The first kappa shape index (κ1) is 12.8. The monoisotopic (exact) mass is 230 g/mol. The molecule has 0 aromatic heterocycles. The molecule has 0 aromatic rings. The van der Waals surface area contributed by atoms with Gasteiger partial charge in [-0.05, 0) is 19.3 Å². The zero-order valence-corrected chi connectivity index (χ0v) is 9.27. The topological polar surface area (TPSA) is 98.7 Å². The third-order valence-corrected chi connectivity index (χ3v) is 2.55. The number of aliphatic hydroxyl groups is 1. The van der Waals surface area contributed by atoms with E-state index < -0.39 is 24.6 Å². The van der Waals surface area contributed by atoms with Gasteiger partial charge < -0.3 is 20.8 Å². The van der Waals surface area contributed by atoms with Gasteiger partial charge in [-0.2, -0.15) is 0 Å². The molecule has 6 heteroatoms. The molecule has 0 aliphatic heterocycles. The van der Waals surface area contributed by atoms with Crippen LogP contribution in [0, 0.1) is 5.92 Å². The third-order valence-electron chi connectivity index (χ3n) is 2.55. The molecule has 0 bridgehead atoms. The van der Waals surface area contributed by atoms with Gasteiger partial charge >= 0.3 is 12.0 Å². The van der Waals surface area contributed by atoms with Gasteiger partial charge in [-0.1, -0.05) is 12.8 Å². The van der Waals surface area contributed by atoms with Gasteiger partial charge in [-0.3, -0.25) is 0 Å². The number of hydrogen-bond acceptors (Lipinski definition) is 3. The lowest BCUT2D eigenvalue weighted by molar-refractivity contribution is -0.140. The van der Waals surface area contributed by atoms with E-state index in [-0.39, 0.29) is 6.04 Å². The number of aliphatic carboxylic acids is 1. The molecule has 92 valence electrons. The van der Waals surface area contributed by atoms with Gasteiger partial charge in [-0.25, -0.2) is 9.59 Å². The molecule has 1 fully saturated rings. The molecular formula is C10H18N2O4. The van der Waals surface area contributed by atoms with Gasteiger partial charge in [0.2, 0.25) is 0 Å². The van der Waals surface area contributed by atoms with Crippen LogP contribution in [0.25, 0.3) is 0 Å². The number of nitrogens with one attached hydrogen (secondary N) is 2. The maximum absolute atomic E-state index is 11.3. The van der Waals surface area contributed by atoms with Crippen molar-refractivity contribution in [1.82, 2.24) is 10.6 Å². The van der Waals surface area contributed by atoms with E-state index in [1.54, 1.807) is 0 Å². The summed E-state index contributed by atoms with van der Waals surface area (Å²) >= 11 is 0. The molecule has 2 amide bonds. The van der Waals surface area contributed by atoms with Crippen molar-refractivity contribution in [3.05, 3.63) is 0 Å². The van der Waals surface area contributed by atoms with E-state index in [2.05, 4.69) is 10.6 Å². The number of aliphatic hydroxyl groups excluding tert-OH is 1. The van der Waals surface area contributed by atoms with Crippen LogP contribution in [0.15, 0.2) is 0 Å². The molecule has 0 radical (unpaired) electrons. The number of hydrogen-bond donors (Lipinski definition) is 4. The summed E-state index contributed by atoms with van der Waals surface area (Å²) < 4.78 is 0. The number of carboxylic acids is 1. The van der Waals surface area contributed by atoms with Crippen LogP contribution in [-0.4, -0.2) is 40.9 Å². The molecular weight excluding hydrogens is 212 g/mol. The van der Waals surface area contributed by atoms with Gasteiger partial charge in [0.1, 0.15) is 0 Å². The second-order valence-corrected chi connectivity index (χ2v) is 4.27. The first-order valence-electron chi connectivity index (χ1n) is 5.43. The number of amides is 2. The van der Waals surface area contributed by atoms with Gasteiger partial charge in [0.15, 0.2) is 6.04 Å². The lowest BCUT2D eigenvalue weighted by atomic mass is 10.2. The van der Waals surface area contributed by atoms with Crippen LogP contribution >= 0.6 is 0 Å². The standard InChI is InChI=1S/C10H18N2O4/c1-6(4-7-2-3-7)11-10(16)12-8(5-13)9(14)15/h6-8,13H,2-5H2,1H3,(H,14,15)(H2,11,12,16). The number of urea groups is 1. The molecule has 2 unspecified atom stereocenters. The fourth-order valence-corrected chi connectivity index (χ4v) is 1.52. The van der Waals surface area contributed by atoms with Crippen LogP contribution in [0.1, 0.15) is 26.2 Å². The summed E-state index contributed by atoms with van der Waals surface area (Å²) in [5.41, 5.74) is 0. The molecule has 1 saturated carbocycles. The highest BCUT2D eigenvalue weighted by atomic mass is 16.4. The van der Waals surface area contributed by atoms with Gasteiger partial charge in [0.05, 0.1) is 6.61 Å². The summed E-state index contributed by atoms with van der Waals surface area (Å²) in [5.74, 6) is -0.545. The molecule has 0 spiro atoms. The zero-order valence-electron chi connectivity index (χ0n) is 9.27. The van der Waals surface area contributed by atoms with Crippen LogP contribution in [-0.2, 0) is 4.79 Å². The first-order chi connectivity index (χ1) is 7.52. The highest BCUT2D eigenvalue weighted by Gasteiger charge is 2.25. The predicted molar refractivity (Wildman–Crippen MR) is 57.0 cm³/mol. The molecule has 0 saturated heterocycles. The molecule has 16 heavy (non-hydrogen) atoms. The lowest BCUT2D eigenvalue weighted by Gasteiger charge is -2.16. The second kappa shape index (κ2) is 5.69. The van der Waals surface area contributed by atoms with E-state index in [0.29, 0.717) is 5.92 Å². The Bertz CT molecular complexity index is 266. The minimum absolute atomic E-state index is 0.0284. The van der Waals surface area contributed by atoms with Crippen molar-refractivity contribution in [2.75, 3.05) is 6.61 Å². The van der Waals surface area contributed by atoms with Crippen molar-refractivity contribution in [3.8, 4) is 0 Å². The smallest absolute Gasteiger partial charge is 0.328 e.